The first-order chi connectivity index (χ1) is 13.7. The molecule has 2 heteroatoms. The van der Waals surface area contributed by atoms with Gasteiger partial charge < -0.3 is 10.8 Å². The van der Waals surface area contributed by atoms with Crippen molar-refractivity contribution in [2.45, 2.75) is 117 Å². The van der Waals surface area contributed by atoms with Gasteiger partial charge in [0.15, 0.2) is 0 Å². The molecule has 0 spiro atoms. The van der Waals surface area contributed by atoms with E-state index in [9.17, 15) is 5.11 Å². The number of aliphatic hydroxyl groups excluding tert-OH is 1. The lowest BCUT2D eigenvalue weighted by Gasteiger charge is -2.62. The van der Waals surface area contributed by atoms with Gasteiger partial charge in [0.05, 0.1) is 6.10 Å². The molecule has 4 unspecified atom stereocenters. The summed E-state index contributed by atoms with van der Waals surface area (Å²) in [7, 11) is 0. The highest BCUT2D eigenvalue weighted by atomic mass is 16.3. The molecule has 0 aliphatic heterocycles. The van der Waals surface area contributed by atoms with Crippen LogP contribution in [0.15, 0.2) is 0 Å². The Labute approximate surface area is 180 Å². The van der Waals surface area contributed by atoms with E-state index in [-0.39, 0.29) is 12.1 Å². The number of nitrogens with two attached hydrogens (primary N) is 1. The topological polar surface area (TPSA) is 46.2 Å². The van der Waals surface area contributed by atoms with Crippen LogP contribution in [0.5, 0.6) is 0 Å². The first kappa shape index (κ1) is 22.1. The van der Waals surface area contributed by atoms with Crippen LogP contribution in [-0.4, -0.2) is 17.3 Å². The van der Waals surface area contributed by atoms with Crippen molar-refractivity contribution in [3.05, 3.63) is 0 Å². The Hall–Kier alpha value is -0.0800. The number of fused-ring (bicyclic) bond motifs is 5. The molecule has 2 nitrogen and oxygen atoms in total. The van der Waals surface area contributed by atoms with Crippen LogP contribution in [0.2, 0.25) is 0 Å². The predicted molar refractivity (Wildman–Crippen MR) is 122 cm³/mol. The van der Waals surface area contributed by atoms with Crippen molar-refractivity contribution < 1.29 is 5.11 Å². The molecule has 0 aromatic rings. The highest BCUT2D eigenvalue weighted by Gasteiger charge is 2.61. The highest BCUT2D eigenvalue weighted by Crippen LogP contribution is 2.68. The van der Waals surface area contributed by atoms with E-state index in [1.165, 1.54) is 57.8 Å². The maximum atomic E-state index is 10.4. The zero-order chi connectivity index (χ0) is 21.0. The molecule has 10 atom stereocenters. The summed E-state index contributed by atoms with van der Waals surface area (Å²) < 4.78 is 0. The highest BCUT2D eigenvalue weighted by molar-refractivity contribution is 5.10. The summed E-state index contributed by atoms with van der Waals surface area (Å²) in [6, 6.07) is 0.000571. The normalized spacial score (nSPS) is 50.7. The van der Waals surface area contributed by atoms with Gasteiger partial charge in [0.2, 0.25) is 0 Å². The van der Waals surface area contributed by atoms with Gasteiger partial charge in [0.25, 0.3) is 0 Å². The van der Waals surface area contributed by atoms with Crippen LogP contribution in [-0.2, 0) is 0 Å². The van der Waals surface area contributed by atoms with E-state index in [0.717, 1.165) is 48.3 Å². The molecule has 29 heavy (non-hydrogen) atoms. The second kappa shape index (κ2) is 8.12. The number of hydrogen-bond donors (Lipinski definition) is 2. The van der Waals surface area contributed by atoms with E-state index in [4.69, 9.17) is 5.73 Å². The van der Waals surface area contributed by atoms with E-state index in [1.807, 2.05) is 0 Å². The summed E-state index contributed by atoms with van der Waals surface area (Å²) in [6.07, 6.45) is 14.6. The van der Waals surface area contributed by atoms with E-state index in [2.05, 4.69) is 34.6 Å². The summed E-state index contributed by atoms with van der Waals surface area (Å²) in [6.45, 7) is 12.6. The number of aliphatic hydroxyl groups is 1. The summed E-state index contributed by atoms with van der Waals surface area (Å²) in [5.41, 5.74) is 7.36. The van der Waals surface area contributed by atoms with E-state index >= 15 is 0 Å². The standard InChI is InChI=1S/C27H49NO/c1-17(2)7-6-8-18(3)21-11-12-22-20-10-9-19-15-25(29)24(28)16-27(19,5)23(20)13-14-26(21,22)4/h17-25,29H,6-16,28H2,1-5H3/t18-,19?,20?,21-,22?,23?,24+,25+,26-,27+/m1/s1. The fourth-order valence-corrected chi connectivity index (χ4v) is 9.37. The maximum Gasteiger partial charge on any atom is 0.0694 e. The minimum atomic E-state index is -0.263. The second-order valence-electron chi connectivity index (χ2n) is 12.9. The first-order valence-electron chi connectivity index (χ1n) is 13.1. The molecule has 4 aliphatic carbocycles. The Balaban J connectivity index is 1.47. The number of rotatable bonds is 5. The molecule has 0 amide bonds. The SMILES string of the molecule is CC(C)CCC[C@@H](C)[C@H]1CCC2C3CCC4C[C@H](O)[C@@H](N)C[C@]4(C)C3CC[C@@]21C. The van der Waals surface area contributed by atoms with Crippen LogP contribution < -0.4 is 5.73 Å². The zero-order valence-electron chi connectivity index (χ0n) is 20.0. The molecular weight excluding hydrogens is 354 g/mol. The second-order valence-corrected chi connectivity index (χ2v) is 12.9. The molecule has 0 bridgehead atoms. The van der Waals surface area contributed by atoms with Crippen molar-refractivity contribution in [1.82, 2.24) is 0 Å². The van der Waals surface area contributed by atoms with Gasteiger partial charge in [0, 0.05) is 6.04 Å². The van der Waals surface area contributed by atoms with E-state index in [1.54, 1.807) is 0 Å². The van der Waals surface area contributed by atoms with E-state index in [0.29, 0.717) is 16.7 Å². The van der Waals surface area contributed by atoms with Gasteiger partial charge in [-0.15, -0.1) is 0 Å². The van der Waals surface area contributed by atoms with Gasteiger partial charge in [-0.1, -0.05) is 53.9 Å². The molecule has 3 N–H and O–H groups in total. The maximum absolute atomic E-state index is 10.4. The molecular formula is C27H49NO. The average Bonchev–Trinajstić information content (AvgIpc) is 3.00. The Morgan fingerprint density at radius 2 is 1.66 bits per heavy atom. The lowest BCUT2D eigenvalue weighted by atomic mass is 9.44. The fourth-order valence-electron chi connectivity index (χ4n) is 9.37. The smallest absolute Gasteiger partial charge is 0.0694 e. The molecule has 0 radical (unpaired) electrons. The summed E-state index contributed by atoms with van der Waals surface area (Å²) in [4.78, 5) is 0. The minimum absolute atomic E-state index is 0.000571. The average molecular weight is 404 g/mol. The van der Waals surface area contributed by atoms with Gasteiger partial charge in [0.1, 0.15) is 0 Å². The molecule has 4 rings (SSSR count). The Morgan fingerprint density at radius 1 is 0.931 bits per heavy atom. The van der Waals surface area contributed by atoms with Crippen molar-refractivity contribution in [3.63, 3.8) is 0 Å². The third-order valence-electron chi connectivity index (χ3n) is 11.0. The first-order valence-corrected chi connectivity index (χ1v) is 13.1. The van der Waals surface area contributed by atoms with Gasteiger partial charge in [-0.2, -0.15) is 0 Å². The molecule has 4 aliphatic rings. The Kier molecular flexibility index (Phi) is 6.19. The van der Waals surface area contributed by atoms with Crippen molar-refractivity contribution >= 4 is 0 Å². The summed E-state index contributed by atoms with van der Waals surface area (Å²) in [5.74, 6) is 6.11. The third-order valence-corrected chi connectivity index (χ3v) is 11.0. The van der Waals surface area contributed by atoms with Crippen molar-refractivity contribution in [1.29, 1.82) is 0 Å². The Morgan fingerprint density at radius 3 is 2.38 bits per heavy atom. The largest absolute Gasteiger partial charge is 0.392 e. The van der Waals surface area contributed by atoms with Gasteiger partial charge >= 0.3 is 0 Å². The van der Waals surface area contributed by atoms with Crippen LogP contribution in [0.25, 0.3) is 0 Å². The van der Waals surface area contributed by atoms with Crippen LogP contribution >= 0.6 is 0 Å². The van der Waals surface area contributed by atoms with Crippen LogP contribution in [0.3, 0.4) is 0 Å². The minimum Gasteiger partial charge on any atom is -0.392 e. The lowest BCUT2D eigenvalue weighted by molar-refractivity contribution is -0.133. The number of hydrogen-bond acceptors (Lipinski definition) is 2. The molecule has 168 valence electrons. The van der Waals surface area contributed by atoms with Crippen LogP contribution in [0, 0.1) is 52.3 Å². The van der Waals surface area contributed by atoms with Gasteiger partial charge in [-0.25, -0.2) is 0 Å². The van der Waals surface area contributed by atoms with Crippen molar-refractivity contribution in [2.75, 3.05) is 0 Å². The predicted octanol–water partition coefficient (Wildman–Crippen LogP) is 6.41. The molecule has 0 heterocycles. The molecule has 0 saturated heterocycles. The zero-order valence-corrected chi connectivity index (χ0v) is 20.0. The van der Waals surface area contributed by atoms with Crippen molar-refractivity contribution in [2.24, 2.45) is 58.0 Å². The summed E-state index contributed by atoms with van der Waals surface area (Å²) in [5, 5.41) is 10.4. The lowest BCUT2D eigenvalue weighted by Crippen LogP contribution is -2.58. The molecule has 4 saturated carbocycles. The molecule has 0 aromatic carbocycles. The molecule has 0 aromatic heterocycles. The third kappa shape index (κ3) is 3.73. The van der Waals surface area contributed by atoms with E-state index < -0.39 is 0 Å². The summed E-state index contributed by atoms with van der Waals surface area (Å²) >= 11 is 0. The fraction of sp³-hybridized carbons (Fsp3) is 1.00. The van der Waals surface area contributed by atoms with Crippen LogP contribution in [0.1, 0.15) is 105 Å². The van der Waals surface area contributed by atoms with Crippen LogP contribution in [0.4, 0.5) is 0 Å². The molecule has 4 fully saturated rings. The Bertz CT molecular complexity index is 575. The monoisotopic (exact) mass is 403 g/mol. The van der Waals surface area contributed by atoms with Crippen molar-refractivity contribution in [3.8, 4) is 0 Å². The van der Waals surface area contributed by atoms with Gasteiger partial charge in [-0.3, -0.25) is 0 Å². The quantitative estimate of drug-likeness (QED) is 0.557. The van der Waals surface area contributed by atoms with Gasteiger partial charge in [-0.05, 0) is 104 Å².